The fourth-order valence-corrected chi connectivity index (χ4v) is 3.18. The minimum atomic E-state index is 0.0825. The molecule has 1 aliphatic heterocycles. The topological polar surface area (TPSA) is 54.5 Å². The van der Waals surface area contributed by atoms with Crippen LogP contribution in [0.25, 0.3) is 0 Å². The van der Waals surface area contributed by atoms with Gasteiger partial charge in [-0.3, -0.25) is 9.78 Å². The summed E-state index contributed by atoms with van der Waals surface area (Å²) in [7, 11) is 0. The van der Waals surface area contributed by atoms with Gasteiger partial charge in [0, 0.05) is 36.4 Å². The fraction of sp³-hybridized carbons (Fsp3) is 0.400. The number of aryl methyl sites for hydroxylation is 1. The zero-order valence-corrected chi connectivity index (χ0v) is 15.0. The van der Waals surface area contributed by atoms with E-state index in [0.29, 0.717) is 24.3 Å². The van der Waals surface area contributed by atoms with Gasteiger partial charge in [0.2, 0.25) is 0 Å². The molecule has 5 heteroatoms. The van der Waals surface area contributed by atoms with Crippen LogP contribution in [-0.2, 0) is 6.61 Å². The zero-order chi connectivity index (χ0) is 17.8. The van der Waals surface area contributed by atoms with Crippen molar-refractivity contribution < 1.29 is 9.53 Å². The number of ether oxygens (including phenoxy) is 1. The van der Waals surface area contributed by atoms with Crippen LogP contribution >= 0.6 is 0 Å². The van der Waals surface area contributed by atoms with E-state index in [9.17, 15) is 4.79 Å². The first kappa shape index (κ1) is 17.4. The molecule has 1 N–H and O–H groups in total. The van der Waals surface area contributed by atoms with Gasteiger partial charge >= 0.3 is 0 Å². The lowest BCUT2D eigenvalue weighted by molar-refractivity contribution is 0.0673. The summed E-state index contributed by atoms with van der Waals surface area (Å²) in [6, 6.07) is 12.1. The van der Waals surface area contributed by atoms with Crippen molar-refractivity contribution in [1.29, 1.82) is 0 Å². The van der Waals surface area contributed by atoms with E-state index in [1.54, 1.807) is 6.20 Å². The van der Waals surface area contributed by atoms with Gasteiger partial charge in [0.05, 0.1) is 6.20 Å². The maximum absolute atomic E-state index is 12.8. The van der Waals surface area contributed by atoms with E-state index in [2.05, 4.69) is 24.1 Å². The van der Waals surface area contributed by atoms with Crippen molar-refractivity contribution in [2.45, 2.75) is 39.5 Å². The van der Waals surface area contributed by atoms with Gasteiger partial charge in [0.1, 0.15) is 12.4 Å². The van der Waals surface area contributed by atoms with E-state index in [1.807, 2.05) is 48.2 Å². The van der Waals surface area contributed by atoms with Crippen LogP contribution in [0.4, 0.5) is 0 Å². The lowest BCUT2D eigenvalue weighted by atomic mass is 10.1. The van der Waals surface area contributed by atoms with Gasteiger partial charge in [0.25, 0.3) is 5.91 Å². The number of rotatable bonds is 4. The highest BCUT2D eigenvalue weighted by molar-refractivity contribution is 5.94. The minimum Gasteiger partial charge on any atom is -0.487 e. The Bertz CT molecular complexity index is 720. The molecule has 2 aromatic rings. The van der Waals surface area contributed by atoms with Crippen molar-refractivity contribution in [3.8, 4) is 5.75 Å². The third-order valence-corrected chi connectivity index (χ3v) is 4.31. The second-order valence-electron chi connectivity index (χ2n) is 6.80. The van der Waals surface area contributed by atoms with Crippen LogP contribution in [0.15, 0.2) is 42.6 Å². The molecular weight excluding hydrogens is 314 g/mol. The first-order valence-corrected chi connectivity index (χ1v) is 8.71. The van der Waals surface area contributed by atoms with E-state index in [4.69, 9.17) is 4.74 Å². The summed E-state index contributed by atoms with van der Waals surface area (Å²) in [5, 5.41) is 3.45. The molecule has 3 rings (SSSR count). The number of piperazine rings is 1. The first-order valence-electron chi connectivity index (χ1n) is 8.71. The molecule has 0 radical (unpaired) electrons. The monoisotopic (exact) mass is 339 g/mol. The van der Waals surface area contributed by atoms with E-state index < -0.39 is 0 Å². The SMILES string of the molecule is Cc1ccc(OCc2cccc(C(=O)N3C[C@@H](C)N[C@H](C)C3)c2)cn1. The standard InChI is InChI=1S/C20H25N3O2/c1-14-7-8-19(10-21-14)25-13-17-5-4-6-18(9-17)20(24)23-11-15(2)22-16(3)12-23/h4-10,15-16,22H,11-13H2,1-3H3/t15-,16-/m1/s1. The van der Waals surface area contributed by atoms with Crippen LogP contribution in [0.3, 0.4) is 0 Å². The van der Waals surface area contributed by atoms with Gasteiger partial charge in [0.15, 0.2) is 0 Å². The molecule has 2 heterocycles. The Morgan fingerprint density at radius 1 is 1.24 bits per heavy atom. The molecule has 0 saturated carbocycles. The maximum atomic E-state index is 12.8. The molecule has 0 bridgehead atoms. The predicted octanol–water partition coefficient (Wildman–Crippen LogP) is 2.79. The summed E-state index contributed by atoms with van der Waals surface area (Å²) in [6.07, 6.45) is 1.72. The number of nitrogens with one attached hydrogen (secondary N) is 1. The number of amides is 1. The van der Waals surface area contributed by atoms with Gasteiger partial charge < -0.3 is 15.0 Å². The lowest BCUT2D eigenvalue weighted by Gasteiger charge is -2.36. The van der Waals surface area contributed by atoms with E-state index in [1.165, 1.54) is 0 Å². The average molecular weight is 339 g/mol. The molecule has 25 heavy (non-hydrogen) atoms. The molecule has 2 atom stereocenters. The summed E-state index contributed by atoms with van der Waals surface area (Å²) in [4.78, 5) is 18.9. The van der Waals surface area contributed by atoms with E-state index in [0.717, 1.165) is 30.1 Å². The van der Waals surface area contributed by atoms with Gasteiger partial charge in [-0.05, 0) is 50.6 Å². The molecule has 1 amide bonds. The van der Waals surface area contributed by atoms with Gasteiger partial charge in [-0.15, -0.1) is 0 Å². The van der Waals surface area contributed by atoms with Crippen LogP contribution in [-0.4, -0.2) is 41.0 Å². The second-order valence-corrected chi connectivity index (χ2v) is 6.80. The second kappa shape index (κ2) is 7.66. The molecule has 0 spiro atoms. The van der Waals surface area contributed by atoms with Crippen LogP contribution < -0.4 is 10.1 Å². The normalized spacial score (nSPS) is 20.4. The van der Waals surface area contributed by atoms with Crippen molar-refractivity contribution in [3.63, 3.8) is 0 Å². The average Bonchev–Trinajstić information content (AvgIpc) is 2.60. The zero-order valence-electron chi connectivity index (χ0n) is 15.0. The molecule has 1 saturated heterocycles. The Kier molecular flexibility index (Phi) is 5.34. The van der Waals surface area contributed by atoms with Crippen molar-refractivity contribution in [2.24, 2.45) is 0 Å². The Labute approximate surface area is 149 Å². The van der Waals surface area contributed by atoms with E-state index in [-0.39, 0.29) is 5.91 Å². The van der Waals surface area contributed by atoms with Crippen LogP contribution in [0.1, 0.15) is 35.5 Å². The summed E-state index contributed by atoms with van der Waals surface area (Å²) in [6.45, 7) is 8.04. The number of carbonyl (C=O) groups excluding carboxylic acids is 1. The Balaban J connectivity index is 1.66. The summed E-state index contributed by atoms with van der Waals surface area (Å²) in [5.41, 5.74) is 2.64. The van der Waals surface area contributed by atoms with Crippen molar-refractivity contribution in [2.75, 3.05) is 13.1 Å². The van der Waals surface area contributed by atoms with E-state index >= 15 is 0 Å². The number of nitrogens with zero attached hydrogens (tertiary/aromatic N) is 2. The number of aromatic nitrogens is 1. The van der Waals surface area contributed by atoms with Gasteiger partial charge in [-0.25, -0.2) is 0 Å². The molecule has 1 aliphatic rings. The summed E-state index contributed by atoms with van der Waals surface area (Å²) in [5.74, 6) is 0.811. The summed E-state index contributed by atoms with van der Waals surface area (Å²) >= 11 is 0. The number of pyridine rings is 1. The highest BCUT2D eigenvalue weighted by Crippen LogP contribution is 2.15. The lowest BCUT2D eigenvalue weighted by Crippen LogP contribution is -2.55. The highest BCUT2D eigenvalue weighted by atomic mass is 16.5. The van der Waals surface area contributed by atoms with Gasteiger partial charge in [-0.2, -0.15) is 0 Å². The van der Waals surface area contributed by atoms with Crippen molar-refractivity contribution in [1.82, 2.24) is 15.2 Å². The third-order valence-electron chi connectivity index (χ3n) is 4.31. The molecule has 132 valence electrons. The smallest absolute Gasteiger partial charge is 0.253 e. The molecular formula is C20H25N3O2. The number of hydrogen-bond acceptors (Lipinski definition) is 4. The van der Waals surface area contributed by atoms with Crippen molar-refractivity contribution >= 4 is 5.91 Å². The molecule has 0 aliphatic carbocycles. The quantitative estimate of drug-likeness (QED) is 0.931. The number of benzene rings is 1. The Morgan fingerprint density at radius 2 is 2.00 bits per heavy atom. The highest BCUT2D eigenvalue weighted by Gasteiger charge is 2.25. The minimum absolute atomic E-state index is 0.0825. The van der Waals surface area contributed by atoms with Crippen LogP contribution in [0, 0.1) is 6.92 Å². The fourth-order valence-electron chi connectivity index (χ4n) is 3.18. The summed E-state index contributed by atoms with van der Waals surface area (Å²) < 4.78 is 5.76. The van der Waals surface area contributed by atoms with Crippen molar-refractivity contribution in [3.05, 3.63) is 59.4 Å². The van der Waals surface area contributed by atoms with Crippen LogP contribution in [0.2, 0.25) is 0 Å². The molecule has 0 unspecified atom stereocenters. The third kappa shape index (κ3) is 4.57. The largest absolute Gasteiger partial charge is 0.487 e. The first-order chi connectivity index (χ1) is 12.0. The number of carbonyl (C=O) groups is 1. The Hall–Kier alpha value is -2.40. The maximum Gasteiger partial charge on any atom is 0.253 e. The number of hydrogen-bond donors (Lipinski definition) is 1. The molecule has 1 fully saturated rings. The molecule has 1 aromatic carbocycles. The predicted molar refractivity (Wildman–Crippen MR) is 97.7 cm³/mol. The van der Waals surface area contributed by atoms with Gasteiger partial charge in [-0.1, -0.05) is 12.1 Å². The molecule has 1 aromatic heterocycles. The van der Waals surface area contributed by atoms with Crippen LogP contribution in [0.5, 0.6) is 5.75 Å². The molecule has 5 nitrogen and oxygen atoms in total. The Morgan fingerprint density at radius 3 is 2.68 bits per heavy atom.